The van der Waals surface area contributed by atoms with Crippen molar-refractivity contribution in [2.75, 3.05) is 13.7 Å². The fraction of sp³-hybridized carbons (Fsp3) is 0.179. The van der Waals surface area contributed by atoms with Crippen molar-refractivity contribution in [2.24, 2.45) is 4.99 Å². The summed E-state index contributed by atoms with van der Waals surface area (Å²) >= 11 is 7.54. The molecule has 0 N–H and O–H groups in total. The van der Waals surface area contributed by atoms with E-state index >= 15 is 0 Å². The molecule has 1 aliphatic heterocycles. The zero-order valence-corrected chi connectivity index (χ0v) is 21.9. The van der Waals surface area contributed by atoms with Crippen molar-refractivity contribution < 1.29 is 18.7 Å². The highest BCUT2D eigenvalue weighted by atomic mass is 35.5. The third-order valence-corrected chi connectivity index (χ3v) is 7.30. The normalized spacial score (nSPS) is 15.4. The van der Waals surface area contributed by atoms with Gasteiger partial charge in [-0.2, -0.15) is 0 Å². The largest absolute Gasteiger partial charge is 0.497 e. The molecule has 0 fully saturated rings. The van der Waals surface area contributed by atoms with E-state index in [2.05, 4.69) is 4.99 Å². The standard InChI is InChI=1S/C28H23ClN2O5S/c1-4-35-27(33)24-16(2)30-28-31(25(24)17-9-11-18(34-3)12-10-17)26(32)23(37-28)15-19-13-14-22(36-19)20-7-5-6-8-21(20)29/h5-15,25H,4H2,1-3H3/b23-15+. The van der Waals surface area contributed by atoms with Crippen molar-refractivity contribution >= 4 is 35.0 Å². The highest BCUT2D eigenvalue weighted by molar-refractivity contribution is 7.07. The monoisotopic (exact) mass is 534 g/mol. The van der Waals surface area contributed by atoms with E-state index < -0.39 is 12.0 Å². The van der Waals surface area contributed by atoms with Gasteiger partial charge < -0.3 is 13.9 Å². The van der Waals surface area contributed by atoms with Crippen molar-refractivity contribution in [1.29, 1.82) is 0 Å². The van der Waals surface area contributed by atoms with Crippen LogP contribution in [0.3, 0.4) is 0 Å². The van der Waals surface area contributed by atoms with Crippen LogP contribution in [0.5, 0.6) is 5.75 Å². The summed E-state index contributed by atoms with van der Waals surface area (Å²) in [5, 5.41) is 0.573. The zero-order valence-electron chi connectivity index (χ0n) is 20.4. The molecular formula is C28H23ClN2O5S. The molecule has 9 heteroatoms. The molecule has 7 nitrogen and oxygen atoms in total. The molecule has 0 amide bonds. The number of carbonyl (C=O) groups excluding carboxylic acids is 1. The van der Waals surface area contributed by atoms with Gasteiger partial charge in [-0.1, -0.05) is 47.2 Å². The smallest absolute Gasteiger partial charge is 0.338 e. The highest BCUT2D eigenvalue weighted by Gasteiger charge is 2.33. The second-order valence-corrected chi connectivity index (χ2v) is 9.67. The first-order valence-electron chi connectivity index (χ1n) is 11.6. The number of nitrogens with zero attached hydrogens (tertiary/aromatic N) is 2. The summed E-state index contributed by atoms with van der Waals surface area (Å²) in [4.78, 5) is 31.8. The van der Waals surface area contributed by atoms with Gasteiger partial charge in [0.2, 0.25) is 0 Å². The van der Waals surface area contributed by atoms with Crippen LogP contribution in [0.1, 0.15) is 31.2 Å². The number of halogens is 1. The summed E-state index contributed by atoms with van der Waals surface area (Å²) in [6, 6.07) is 17.5. The van der Waals surface area contributed by atoms with Gasteiger partial charge in [0.15, 0.2) is 4.80 Å². The number of esters is 1. The number of benzene rings is 2. The molecule has 3 heterocycles. The Bertz CT molecular complexity index is 1700. The fourth-order valence-electron chi connectivity index (χ4n) is 4.26. The molecule has 0 saturated heterocycles. The molecule has 4 aromatic rings. The molecule has 0 radical (unpaired) electrons. The summed E-state index contributed by atoms with van der Waals surface area (Å²) in [5.74, 6) is 1.26. The molecule has 0 aliphatic carbocycles. The van der Waals surface area contributed by atoms with Gasteiger partial charge >= 0.3 is 5.97 Å². The molecule has 0 saturated carbocycles. The second kappa shape index (κ2) is 10.2. The minimum atomic E-state index is -0.696. The molecular weight excluding hydrogens is 512 g/mol. The fourth-order valence-corrected chi connectivity index (χ4v) is 5.51. The van der Waals surface area contributed by atoms with Gasteiger partial charge in [0.25, 0.3) is 5.56 Å². The third-order valence-electron chi connectivity index (χ3n) is 5.99. The number of hydrogen-bond acceptors (Lipinski definition) is 7. The van der Waals surface area contributed by atoms with E-state index in [0.717, 1.165) is 11.1 Å². The molecule has 37 heavy (non-hydrogen) atoms. The molecule has 188 valence electrons. The van der Waals surface area contributed by atoms with E-state index in [1.54, 1.807) is 51.3 Å². The Kier molecular flexibility index (Phi) is 6.86. The average molecular weight is 535 g/mol. The Morgan fingerprint density at radius 3 is 2.62 bits per heavy atom. The van der Waals surface area contributed by atoms with Crippen molar-refractivity contribution in [1.82, 2.24) is 4.57 Å². The van der Waals surface area contributed by atoms with Crippen LogP contribution in [-0.4, -0.2) is 24.3 Å². The second-order valence-electron chi connectivity index (χ2n) is 8.26. The minimum Gasteiger partial charge on any atom is -0.497 e. The first kappa shape index (κ1) is 24.8. The topological polar surface area (TPSA) is 83.0 Å². The zero-order chi connectivity index (χ0) is 26.1. The van der Waals surface area contributed by atoms with Crippen LogP contribution in [0.4, 0.5) is 0 Å². The summed E-state index contributed by atoms with van der Waals surface area (Å²) in [6.45, 7) is 3.70. The van der Waals surface area contributed by atoms with E-state index in [1.165, 1.54) is 15.9 Å². The van der Waals surface area contributed by atoms with Crippen LogP contribution < -0.4 is 19.6 Å². The van der Waals surface area contributed by atoms with Crippen LogP contribution in [0.25, 0.3) is 17.4 Å². The van der Waals surface area contributed by atoms with Crippen LogP contribution in [0.15, 0.2) is 86.1 Å². The maximum Gasteiger partial charge on any atom is 0.338 e. The van der Waals surface area contributed by atoms with Gasteiger partial charge in [-0.15, -0.1) is 0 Å². The maximum atomic E-state index is 13.7. The Balaban J connectivity index is 1.64. The minimum absolute atomic E-state index is 0.210. The number of furan rings is 1. The highest BCUT2D eigenvalue weighted by Crippen LogP contribution is 2.32. The summed E-state index contributed by atoms with van der Waals surface area (Å²) in [5.41, 5.74) is 2.05. The van der Waals surface area contributed by atoms with E-state index in [1.807, 2.05) is 36.4 Å². The van der Waals surface area contributed by atoms with Crippen LogP contribution in [0, 0.1) is 0 Å². The third kappa shape index (κ3) is 4.65. The number of methoxy groups -OCH3 is 1. The lowest BCUT2D eigenvalue weighted by atomic mass is 9.96. The molecule has 2 aromatic carbocycles. The average Bonchev–Trinajstić information content (AvgIpc) is 3.48. The predicted octanol–water partition coefficient (Wildman–Crippen LogP) is 4.72. The van der Waals surface area contributed by atoms with Crippen molar-refractivity contribution in [3.8, 4) is 17.1 Å². The van der Waals surface area contributed by atoms with E-state index in [0.29, 0.717) is 42.9 Å². The van der Waals surface area contributed by atoms with Crippen molar-refractivity contribution in [3.63, 3.8) is 0 Å². The van der Waals surface area contributed by atoms with Crippen LogP contribution >= 0.6 is 22.9 Å². The van der Waals surface area contributed by atoms with Gasteiger partial charge in [0.05, 0.1) is 40.6 Å². The molecule has 1 atom stereocenters. The Morgan fingerprint density at radius 2 is 1.92 bits per heavy atom. The van der Waals surface area contributed by atoms with Crippen LogP contribution in [0.2, 0.25) is 5.02 Å². The lowest BCUT2D eigenvalue weighted by Gasteiger charge is -2.24. The summed E-state index contributed by atoms with van der Waals surface area (Å²) in [6.07, 6.45) is 1.68. The van der Waals surface area contributed by atoms with Gasteiger partial charge in [0, 0.05) is 11.6 Å². The van der Waals surface area contributed by atoms with Gasteiger partial charge in [-0.25, -0.2) is 9.79 Å². The Labute approximate surface area is 221 Å². The summed E-state index contributed by atoms with van der Waals surface area (Å²) < 4.78 is 18.6. The number of aromatic nitrogens is 1. The maximum absolute atomic E-state index is 13.7. The van der Waals surface area contributed by atoms with E-state index in [9.17, 15) is 9.59 Å². The molecule has 1 aliphatic rings. The summed E-state index contributed by atoms with van der Waals surface area (Å²) in [7, 11) is 1.58. The van der Waals surface area contributed by atoms with Gasteiger partial charge in [0.1, 0.15) is 17.3 Å². The molecule has 5 rings (SSSR count). The van der Waals surface area contributed by atoms with Gasteiger partial charge in [-0.05, 0) is 55.8 Å². The van der Waals surface area contributed by atoms with Crippen molar-refractivity contribution in [3.05, 3.63) is 108 Å². The lowest BCUT2D eigenvalue weighted by molar-refractivity contribution is -0.139. The van der Waals surface area contributed by atoms with E-state index in [-0.39, 0.29) is 12.2 Å². The first-order chi connectivity index (χ1) is 17.9. The quantitative estimate of drug-likeness (QED) is 0.334. The van der Waals surface area contributed by atoms with E-state index in [4.69, 9.17) is 25.5 Å². The molecule has 2 aromatic heterocycles. The number of ether oxygens (including phenoxy) is 2. The number of allylic oxidation sites excluding steroid dienone is 1. The molecule has 0 spiro atoms. The number of hydrogen-bond donors (Lipinski definition) is 0. The molecule has 1 unspecified atom stereocenters. The Morgan fingerprint density at radius 1 is 1.16 bits per heavy atom. The number of rotatable bonds is 6. The first-order valence-corrected chi connectivity index (χ1v) is 12.8. The lowest BCUT2D eigenvalue weighted by Crippen LogP contribution is -2.39. The van der Waals surface area contributed by atoms with Crippen molar-refractivity contribution in [2.45, 2.75) is 19.9 Å². The van der Waals surface area contributed by atoms with Gasteiger partial charge in [-0.3, -0.25) is 9.36 Å². The number of thiazole rings is 1. The predicted molar refractivity (Wildman–Crippen MR) is 143 cm³/mol. The Hall–Kier alpha value is -3.88. The van der Waals surface area contributed by atoms with Crippen LogP contribution in [-0.2, 0) is 9.53 Å². The number of carbonyl (C=O) groups is 1. The SMILES string of the molecule is CCOC(=O)C1=C(C)N=c2s/c(=C/c3ccc(-c4ccccc4Cl)o3)c(=O)n2C1c1ccc(OC)cc1. The number of fused-ring (bicyclic) bond motifs is 1. The molecule has 0 bridgehead atoms.